The van der Waals surface area contributed by atoms with Crippen molar-refractivity contribution >= 4 is 21.9 Å². The number of rotatable bonds is 5. The average molecular weight is 442 g/mol. The van der Waals surface area contributed by atoms with Crippen LogP contribution in [0.1, 0.15) is 41.5 Å². The number of hydrogen-bond donors (Lipinski definition) is 0. The van der Waals surface area contributed by atoms with Crippen molar-refractivity contribution in [1.82, 2.24) is 13.8 Å². The van der Waals surface area contributed by atoms with Crippen LogP contribution in [0, 0.1) is 19.8 Å². The second-order valence-electron chi connectivity index (χ2n) is 7.79. The normalized spacial score (nSPS) is 20.9. The third-order valence-corrected chi connectivity index (χ3v) is 8.08. The maximum atomic E-state index is 13.6. The Kier molecular flexibility index (Phi) is 6.88. The summed E-state index contributed by atoms with van der Waals surface area (Å²) in [5, 5.41) is 0. The van der Waals surface area contributed by atoms with E-state index in [2.05, 4.69) is 0 Å². The van der Waals surface area contributed by atoms with Crippen LogP contribution in [0.2, 0.25) is 0 Å². The van der Waals surface area contributed by atoms with Gasteiger partial charge in [0.1, 0.15) is 10.5 Å². The van der Waals surface area contributed by atoms with Crippen LogP contribution in [0.4, 0.5) is 0 Å². The van der Waals surface area contributed by atoms with Crippen molar-refractivity contribution in [3.05, 3.63) is 17.0 Å². The number of amides is 1. The van der Waals surface area contributed by atoms with Crippen LogP contribution in [0.3, 0.4) is 0 Å². The molecule has 0 saturated carbocycles. The molecule has 0 radical (unpaired) electrons. The van der Waals surface area contributed by atoms with Gasteiger partial charge in [-0.1, -0.05) is 0 Å². The molecule has 1 unspecified atom stereocenters. The SMILES string of the molecule is CCOC(=O)c1c(S(=O)(=O)N2CCCC(C(=O)N3CCOCC3)C2)c(C)n(C)c1C. The highest BCUT2D eigenvalue weighted by molar-refractivity contribution is 7.89. The van der Waals surface area contributed by atoms with Crippen LogP contribution in [-0.2, 0) is 31.3 Å². The Labute approximate surface area is 178 Å². The van der Waals surface area contributed by atoms with Crippen molar-refractivity contribution in [2.45, 2.75) is 38.5 Å². The zero-order chi connectivity index (χ0) is 22.1. The van der Waals surface area contributed by atoms with Crippen molar-refractivity contribution in [1.29, 1.82) is 0 Å². The van der Waals surface area contributed by atoms with E-state index in [0.717, 1.165) is 0 Å². The molecule has 1 aromatic heterocycles. The molecule has 3 heterocycles. The summed E-state index contributed by atoms with van der Waals surface area (Å²) in [6.07, 6.45) is 1.25. The van der Waals surface area contributed by atoms with Crippen LogP contribution in [0.15, 0.2) is 4.90 Å². The van der Waals surface area contributed by atoms with Gasteiger partial charge in [0.2, 0.25) is 15.9 Å². The Morgan fingerprint density at radius 2 is 1.80 bits per heavy atom. The Balaban J connectivity index is 1.91. The lowest BCUT2D eigenvalue weighted by Gasteiger charge is -2.35. The minimum atomic E-state index is -3.97. The molecular weight excluding hydrogens is 410 g/mol. The maximum absolute atomic E-state index is 13.6. The van der Waals surface area contributed by atoms with E-state index in [-0.39, 0.29) is 35.4 Å². The fourth-order valence-electron chi connectivity index (χ4n) is 4.21. The molecule has 1 aromatic rings. The fourth-order valence-corrected chi connectivity index (χ4v) is 6.21. The molecular formula is C20H31N3O6S. The summed E-state index contributed by atoms with van der Waals surface area (Å²) in [6, 6.07) is 0. The van der Waals surface area contributed by atoms with Crippen LogP contribution in [-0.4, -0.2) is 80.1 Å². The largest absolute Gasteiger partial charge is 0.462 e. The number of morpholine rings is 1. The molecule has 1 atom stereocenters. The van der Waals surface area contributed by atoms with Crippen molar-refractivity contribution in [2.24, 2.45) is 13.0 Å². The zero-order valence-corrected chi connectivity index (χ0v) is 19.0. The fraction of sp³-hybridized carbons (Fsp3) is 0.700. The first-order valence-corrected chi connectivity index (χ1v) is 11.8. The molecule has 1 amide bonds. The number of hydrogen-bond acceptors (Lipinski definition) is 6. The van der Waals surface area contributed by atoms with E-state index in [1.54, 1.807) is 37.3 Å². The monoisotopic (exact) mass is 441 g/mol. The molecule has 0 bridgehead atoms. The number of sulfonamides is 1. The highest BCUT2D eigenvalue weighted by Crippen LogP contribution is 2.32. The maximum Gasteiger partial charge on any atom is 0.341 e. The van der Waals surface area contributed by atoms with E-state index in [1.807, 2.05) is 0 Å². The van der Waals surface area contributed by atoms with Gasteiger partial charge in [0.25, 0.3) is 0 Å². The lowest BCUT2D eigenvalue weighted by Crippen LogP contribution is -2.49. The number of aromatic nitrogens is 1. The predicted octanol–water partition coefficient (Wildman–Crippen LogP) is 1.08. The number of ether oxygens (including phenoxy) is 2. The summed E-state index contributed by atoms with van der Waals surface area (Å²) in [7, 11) is -2.24. The minimum absolute atomic E-state index is 0.0135. The topological polar surface area (TPSA) is 98.2 Å². The van der Waals surface area contributed by atoms with Crippen LogP contribution in [0.5, 0.6) is 0 Å². The summed E-state index contributed by atoms with van der Waals surface area (Å²) in [6.45, 7) is 7.76. The molecule has 0 aromatic carbocycles. The Bertz CT molecular complexity index is 917. The van der Waals surface area contributed by atoms with E-state index < -0.39 is 16.0 Å². The van der Waals surface area contributed by atoms with Gasteiger partial charge < -0.3 is 18.9 Å². The van der Waals surface area contributed by atoms with E-state index in [0.29, 0.717) is 57.1 Å². The summed E-state index contributed by atoms with van der Waals surface area (Å²) in [5.41, 5.74) is 1.11. The molecule has 168 valence electrons. The smallest absolute Gasteiger partial charge is 0.341 e. The molecule has 2 aliphatic heterocycles. The molecule has 2 saturated heterocycles. The summed E-state index contributed by atoms with van der Waals surface area (Å²) < 4.78 is 40.7. The van der Waals surface area contributed by atoms with Gasteiger partial charge in [-0.05, 0) is 33.6 Å². The Morgan fingerprint density at radius 1 is 1.13 bits per heavy atom. The van der Waals surface area contributed by atoms with Crippen LogP contribution >= 0.6 is 0 Å². The predicted molar refractivity (Wildman–Crippen MR) is 110 cm³/mol. The number of carbonyl (C=O) groups excluding carboxylic acids is 2. The molecule has 9 nitrogen and oxygen atoms in total. The Morgan fingerprint density at radius 3 is 2.43 bits per heavy atom. The number of carbonyl (C=O) groups is 2. The van der Waals surface area contributed by atoms with Gasteiger partial charge in [-0.15, -0.1) is 0 Å². The summed E-state index contributed by atoms with van der Waals surface area (Å²) in [5.74, 6) is -1.05. The van der Waals surface area contributed by atoms with Gasteiger partial charge in [-0.25, -0.2) is 13.2 Å². The molecule has 2 aliphatic rings. The highest BCUT2D eigenvalue weighted by Gasteiger charge is 2.39. The van der Waals surface area contributed by atoms with Crippen molar-refractivity contribution in [3.63, 3.8) is 0 Å². The molecule has 10 heteroatoms. The standard InChI is InChI=1S/C20H31N3O6S/c1-5-29-20(25)17-14(2)21(4)15(3)18(17)30(26,27)23-8-6-7-16(13-23)19(24)22-9-11-28-12-10-22/h16H,5-13H2,1-4H3. The van der Waals surface area contributed by atoms with E-state index >= 15 is 0 Å². The Hall–Kier alpha value is -1.91. The second kappa shape index (κ2) is 9.07. The molecule has 3 rings (SSSR count). The first kappa shape index (κ1) is 22.8. The zero-order valence-electron chi connectivity index (χ0n) is 18.1. The lowest BCUT2D eigenvalue weighted by atomic mass is 9.98. The van der Waals surface area contributed by atoms with E-state index in [4.69, 9.17) is 9.47 Å². The van der Waals surface area contributed by atoms with E-state index in [9.17, 15) is 18.0 Å². The lowest BCUT2D eigenvalue weighted by molar-refractivity contribution is -0.140. The van der Waals surface area contributed by atoms with Crippen LogP contribution in [0.25, 0.3) is 0 Å². The highest BCUT2D eigenvalue weighted by atomic mass is 32.2. The third kappa shape index (κ3) is 4.13. The van der Waals surface area contributed by atoms with Gasteiger partial charge in [-0.3, -0.25) is 4.79 Å². The minimum Gasteiger partial charge on any atom is -0.462 e. The van der Waals surface area contributed by atoms with Gasteiger partial charge in [0.15, 0.2) is 0 Å². The third-order valence-electron chi connectivity index (χ3n) is 6.06. The van der Waals surface area contributed by atoms with E-state index in [1.165, 1.54) is 4.31 Å². The number of piperidine rings is 1. The average Bonchev–Trinajstić information content (AvgIpc) is 2.98. The van der Waals surface area contributed by atoms with Gasteiger partial charge in [0.05, 0.1) is 25.7 Å². The van der Waals surface area contributed by atoms with Gasteiger partial charge >= 0.3 is 5.97 Å². The molecule has 0 N–H and O–H groups in total. The number of nitrogens with zero attached hydrogens (tertiary/aromatic N) is 3. The van der Waals surface area contributed by atoms with Crippen molar-refractivity contribution in [3.8, 4) is 0 Å². The number of esters is 1. The van der Waals surface area contributed by atoms with Crippen LogP contribution < -0.4 is 0 Å². The molecule has 2 fully saturated rings. The summed E-state index contributed by atoms with van der Waals surface area (Å²) >= 11 is 0. The molecule has 0 aliphatic carbocycles. The molecule has 0 spiro atoms. The summed E-state index contributed by atoms with van der Waals surface area (Å²) in [4.78, 5) is 27.2. The second-order valence-corrected chi connectivity index (χ2v) is 9.67. The van der Waals surface area contributed by atoms with Gasteiger partial charge in [-0.2, -0.15) is 4.31 Å². The van der Waals surface area contributed by atoms with Gasteiger partial charge in [0, 0.05) is 44.6 Å². The first-order chi connectivity index (χ1) is 14.2. The van der Waals surface area contributed by atoms with Crippen molar-refractivity contribution in [2.75, 3.05) is 46.0 Å². The first-order valence-electron chi connectivity index (χ1n) is 10.4. The quantitative estimate of drug-likeness (QED) is 0.634. The molecule has 30 heavy (non-hydrogen) atoms. The van der Waals surface area contributed by atoms with Crippen molar-refractivity contribution < 1.29 is 27.5 Å².